The van der Waals surface area contributed by atoms with E-state index in [0.29, 0.717) is 32.6 Å². The van der Waals surface area contributed by atoms with Crippen LogP contribution in [0.3, 0.4) is 0 Å². The van der Waals surface area contributed by atoms with E-state index < -0.39 is 0 Å². The normalized spacial score (nSPS) is 11.2. The Hall–Kier alpha value is -1.52. The van der Waals surface area contributed by atoms with Crippen LogP contribution in [0.25, 0.3) is 11.3 Å². The molecule has 1 aromatic heterocycles. The lowest BCUT2D eigenvalue weighted by molar-refractivity contribution is 0.399. The average Bonchev–Trinajstić information content (AvgIpc) is 2.62. The lowest BCUT2D eigenvalue weighted by Crippen LogP contribution is -1.91. The molecule has 0 fully saturated rings. The zero-order valence-corrected chi connectivity index (χ0v) is 10.5. The average molecular weight is 270 g/mol. The van der Waals surface area contributed by atoms with Gasteiger partial charge in [0.2, 0.25) is 0 Å². The summed E-state index contributed by atoms with van der Waals surface area (Å²) in [4.78, 5) is 0. The van der Waals surface area contributed by atoms with Crippen LogP contribution in [0.5, 0.6) is 0 Å². The van der Waals surface area contributed by atoms with E-state index in [1.165, 1.54) is 6.21 Å². The van der Waals surface area contributed by atoms with Crippen molar-refractivity contribution in [3.63, 3.8) is 0 Å². The molecular formula is C11H9Cl2N3O. The number of hydrazone groups is 1. The van der Waals surface area contributed by atoms with Crippen LogP contribution in [0.2, 0.25) is 10.0 Å². The fourth-order valence-electron chi connectivity index (χ4n) is 1.51. The second kappa shape index (κ2) is 4.77. The first-order valence-corrected chi connectivity index (χ1v) is 5.54. The van der Waals surface area contributed by atoms with Gasteiger partial charge in [-0.25, -0.2) is 0 Å². The van der Waals surface area contributed by atoms with E-state index in [1.54, 1.807) is 25.1 Å². The highest BCUT2D eigenvalue weighted by Crippen LogP contribution is 2.35. The molecule has 0 saturated carbocycles. The summed E-state index contributed by atoms with van der Waals surface area (Å²) in [5.74, 6) is 5.75. The maximum atomic E-state index is 6.10. The standard InChI is InChI=1S/C11H9Cl2N3O/c1-6-7(5-15-14)11(16-17-6)10-8(12)3-2-4-9(10)13/h2-5H,14H2,1H3. The zero-order valence-electron chi connectivity index (χ0n) is 8.95. The van der Waals surface area contributed by atoms with Crippen LogP contribution >= 0.6 is 23.2 Å². The first-order valence-electron chi connectivity index (χ1n) is 4.79. The molecule has 4 nitrogen and oxygen atoms in total. The molecule has 2 aromatic rings. The summed E-state index contributed by atoms with van der Waals surface area (Å²) in [6.45, 7) is 1.76. The predicted octanol–water partition coefficient (Wildman–Crippen LogP) is 3.25. The van der Waals surface area contributed by atoms with Crippen molar-refractivity contribution in [2.75, 3.05) is 0 Å². The van der Waals surface area contributed by atoms with Gasteiger partial charge in [-0.1, -0.05) is 34.4 Å². The Bertz CT molecular complexity index is 558. The van der Waals surface area contributed by atoms with Crippen molar-refractivity contribution in [1.29, 1.82) is 0 Å². The lowest BCUT2D eigenvalue weighted by atomic mass is 10.1. The summed E-state index contributed by atoms with van der Waals surface area (Å²) in [5, 5.41) is 8.40. The second-order valence-corrected chi connectivity index (χ2v) is 4.19. The minimum atomic E-state index is 0.498. The fourth-order valence-corrected chi connectivity index (χ4v) is 2.09. The quantitative estimate of drug-likeness (QED) is 0.517. The van der Waals surface area contributed by atoms with Crippen molar-refractivity contribution in [1.82, 2.24) is 5.16 Å². The Kier molecular flexibility index (Phi) is 3.36. The van der Waals surface area contributed by atoms with Crippen molar-refractivity contribution in [2.24, 2.45) is 10.9 Å². The summed E-state index contributed by atoms with van der Waals surface area (Å²) in [5.41, 5.74) is 1.82. The van der Waals surface area contributed by atoms with Crippen LogP contribution in [0, 0.1) is 6.92 Å². The third-order valence-corrected chi connectivity index (χ3v) is 2.94. The number of aryl methyl sites for hydroxylation is 1. The van der Waals surface area contributed by atoms with Crippen LogP contribution in [0.4, 0.5) is 0 Å². The van der Waals surface area contributed by atoms with Gasteiger partial charge < -0.3 is 10.4 Å². The lowest BCUT2D eigenvalue weighted by Gasteiger charge is -2.03. The Morgan fingerprint density at radius 3 is 2.59 bits per heavy atom. The molecule has 0 aliphatic rings. The SMILES string of the molecule is Cc1onc(-c2c(Cl)cccc2Cl)c1C=NN. The molecule has 0 atom stereocenters. The van der Waals surface area contributed by atoms with E-state index in [4.69, 9.17) is 33.6 Å². The monoisotopic (exact) mass is 269 g/mol. The van der Waals surface area contributed by atoms with Crippen LogP contribution in [-0.4, -0.2) is 11.4 Å². The van der Waals surface area contributed by atoms with Gasteiger partial charge in [-0.3, -0.25) is 0 Å². The molecule has 0 bridgehead atoms. The topological polar surface area (TPSA) is 64.4 Å². The smallest absolute Gasteiger partial charge is 0.143 e. The highest BCUT2D eigenvalue weighted by atomic mass is 35.5. The number of aromatic nitrogens is 1. The fraction of sp³-hybridized carbons (Fsp3) is 0.0909. The third kappa shape index (κ3) is 2.14. The number of nitrogens with two attached hydrogens (primary N) is 1. The summed E-state index contributed by atoms with van der Waals surface area (Å²) < 4.78 is 5.10. The molecule has 0 saturated heterocycles. The summed E-state index contributed by atoms with van der Waals surface area (Å²) in [6.07, 6.45) is 1.46. The Labute approximate surface area is 108 Å². The molecule has 0 radical (unpaired) electrons. The molecule has 1 heterocycles. The minimum absolute atomic E-state index is 0.498. The van der Waals surface area contributed by atoms with Gasteiger partial charge in [0.1, 0.15) is 11.5 Å². The molecule has 0 unspecified atom stereocenters. The molecule has 0 spiro atoms. The number of rotatable bonds is 2. The highest BCUT2D eigenvalue weighted by molar-refractivity contribution is 6.39. The van der Waals surface area contributed by atoms with Crippen LogP contribution in [0.1, 0.15) is 11.3 Å². The predicted molar refractivity (Wildman–Crippen MR) is 68.5 cm³/mol. The molecule has 2 rings (SSSR count). The van der Waals surface area contributed by atoms with Gasteiger partial charge in [-0.05, 0) is 19.1 Å². The summed E-state index contributed by atoms with van der Waals surface area (Å²) >= 11 is 12.2. The van der Waals surface area contributed by atoms with E-state index >= 15 is 0 Å². The van der Waals surface area contributed by atoms with Crippen LogP contribution in [0.15, 0.2) is 27.8 Å². The third-order valence-electron chi connectivity index (χ3n) is 2.31. The van der Waals surface area contributed by atoms with E-state index in [0.717, 1.165) is 0 Å². The molecule has 6 heteroatoms. The molecular weight excluding hydrogens is 261 g/mol. The summed E-state index contributed by atoms with van der Waals surface area (Å²) in [6, 6.07) is 5.23. The molecule has 0 aliphatic carbocycles. The van der Waals surface area contributed by atoms with E-state index in [1.807, 2.05) is 0 Å². The van der Waals surface area contributed by atoms with Gasteiger partial charge >= 0.3 is 0 Å². The van der Waals surface area contributed by atoms with Crippen molar-refractivity contribution >= 4 is 29.4 Å². The van der Waals surface area contributed by atoms with Crippen LogP contribution in [-0.2, 0) is 0 Å². The van der Waals surface area contributed by atoms with E-state index in [-0.39, 0.29) is 0 Å². The largest absolute Gasteiger partial charge is 0.360 e. The molecule has 0 amide bonds. The summed E-state index contributed by atoms with van der Waals surface area (Å²) in [7, 11) is 0. The highest BCUT2D eigenvalue weighted by Gasteiger charge is 2.18. The van der Waals surface area contributed by atoms with Gasteiger partial charge in [0.05, 0.1) is 21.8 Å². The van der Waals surface area contributed by atoms with Gasteiger partial charge in [-0.15, -0.1) is 0 Å². The molecule has 1 aromatic carbocycles. The van der Waals surface area contributed by atoms with Crippen LogP contribution < -0.4 is 5.84 Å². The van der Waals surface area contributed by atoms with Crippen molar-refractivity contribution in [3.8, 4) is 11.3 Å². The minimum Gasteiger partial charge on any atom is -0.360 e. The van der Waals surface area contributed by atoms with Crippen molar-refractivity contribution in [2.45, 2.75) is 6.92 Å². The van der Waals surface area contributed by atoms with Crippen molar-refractivity contribution < 1.29 is 4.52 Å². The number of nitrogens with zero attached hydrogens (tertiary/aromatic N) is 2. The number of halogens is 2. The zero-order chi connectivity index (χ0) is 12.4. The number of hydrogen-bond acceptors (Lipinski definition) is 4. The van der Waals surface area contributed by atoms with Crippen molar-refractivity contribution in [3.05, 3.63) is 39.6 Å². The van der Waals surface area contributed by atoms with E-state index in [2.05, 4.69) is 10.3 Å². The van der Waals surface area contributed by atoms with Gasteiger partial charge in [0, 0.05) is 5.56 Å². The van der Waals surface area contributed by atoms with Gasteiger partial charge in [0.15, 0.2) is 0 Å². The number of hydrogen-bond donors (Lipinski definition) is 1. The second-order valence-electron chi connectivity index (χ2n) is 3.38. The molecule has 17 heavy (non-hydrogen) atoms. The maximum absolute atomic E-state index is 6.10. The Morgan fingerprint density at radius 1 is 1.35 bits per heavy atom. The molecule has 2 N–H and O–H groups in total. The van der Waals surface area contributed by atoms with Gasteiger partial charge in [0.25, 0.3) is 0 Å². The first kappa shape index (κ1) is 12.0. The van der Waals surface area contributed by atoms with Gasteiger partial charge in [-0.2, -0.15) is 5.10 Å². The Balaban J connectivity index is 2.69. The van der Waals surface area contributed by atoms with E-state index in [9.17, 15) is 0 Å². The molecule has 88 valence electrons. The number of benzene rings is 1. The molecule has 0 aliphatic heterocycles. The first-order chi connectivity index (χ1) is 8.15. The maximum Gasteiger partial charge on any atom is 0.143 e. The Morgan fingerprint density at radius 2 is 2.00 bits per heavy atom.